The molecule has 0 aliphatic rings. The number of nitrogens with zero attached hydrogens (tertiary/aromatic N) is 1. The first kappa shape index (κ1) is 17.3. The Morgan fingerprint density at radius 1 is 1.17 bits per heavy atom. The van der Waals surface area contributed by atoms with Crippen LogP contribution in [0.2, 0.25) is 0 Å². The Hall–Kier alpha value is -3.03. The highest BCUT2D eigenvalue weighted by Gasteiger charge is 2.13. The minimum Gasteiger partial charge on any atom is -0.343 e. The molecule has 0 bridgehead atoms. The number of hydrogen-bond donors (Lipinski definition) is 2. The largest absolute Gasteiger partial charge is 0.343 e. The van der Waals surface area contributed by atoms with Crippen LogP contribution in [0.4, 0.5) is 14.5 Å². The summed E-state index contributed by atoms with van der Waals surface area (Å²) < 4.78 is 27.4. The molecule has 2 aromatic rings. The van der Waals surface area contributed by atoms with E-state index in [0.717, 1.165) is 12.1 Å². The van der Waals surface area contributed by atoms with Gasteiger partial charge in [0.05, 0.1) is 6.54 Å². The van der Waals surface area contributed by atoms with Crippen LogP contribution < -0.4 is 16.2 Å². The molecule has 6 nitrogen and oxygen atoms in total. The van der Waals surface area contributed by atoms with Crippen molar-refractivity contribution in [2.45, 2.75) is 6.92 Å². The second-order valence-electron chi connectivity index (χ2n) is 5.18. The van der Waals surface area contributed by atoms with Gasteiger partial charge in [0.25, 0.3) is 11.5 Å². The van der Waals surface area contributed by atoms with Crippen molar-refractivity contribution < 1.29 is 18.4 Å². The van der Waals surface area contributed by atoms with Gasteiger partial charge in [-0.05, 0) is 30.7 Å². The number of rotatable bonds is 4. The third-order valence-electron chi connectivity index (χ3n) is 3.28. The fourth-order valence-corrected chi connectivity index (χ4v) is 2.00. The molecule has 0 saturated carbocycles. The zero-order chi connectivity index (χ0) is 17.9. The SMILES string of the molecule is Cc1ccn(C)c(=O)c1NC(=O)CNC(=O)c1cc(F)cc(F)c1. The quantitative estimate of drug-likeness (QED) is 0.885. The number of hydrogen-bond acceptors (Lipinski definition) is 3. The lowest BCUT2D eigenvalue weighted by atomic mass is 10.2. The number of carbonyl (C=O) groups excluding carboxylic acids is 2. The third-order valence-corrected chi connectivity index (χ3v) is 3.28. The first-order valence-electron chi connectivity index (χ1n) is 6.98. The number of aryl methyl sites for hydroxylation is 2. The van der Waals surface area contributed by atoms with Gasteiger partial charge in [0.2, 0.25) is 5.91 Å². The molecule has 0 fully saturated rings. The van der Waals surface area contributed by atoms with E-state index in [0.29, 0.717) is 11.6 Å². The Bertz CT molecular complexity index is 842. The number of carbonyl (C=O) groups is 2. The molecule has 126 valence electrons. The van der Waals surface area contributed by atoms with Gasteiger partial charge in [0, 0.05) is 24.9 Å². The lowest BCUT2D eigenvalue weighted by molar-refractivity contribution is -0.115. The summed E-state index contributed by atoms with van der Waals surface area (Å²) in [5, 5.41) is 4.65. The molecule has 0 aliphatic carbocycles. The predicted molar refractivity (Wildman–Crippen MR) is 83.7 cm³/mol. The fraction of sp³-hybridized carbons (Fsp3) is 0.188. The molecule has 1 heterocycles. The van der Waals surface area contributed by atoms with E-state index in [1.807, 2.05) is 0 Å². The van der Waals surface area contributed by atoms with Gasteiger partial charge in [0.1, 0.15) is 17.3 Å². The number of pyridine rings is 1. The summed E-state index contributed by atoms with van der Waals surface area (Å²) in [6.45, 7) is 1.21. The summed E-state index contributed by atoms with van der Waals surface area (Å²) in [5.41, 5.74) is 0.0509. The monoisotopic (exact) mass is 335 g/mol. The molecule has 2 N–H and O–H groups in total. The van der Waals surface area contributed by atoms with Crippen molar-refractivity contribution in [1.82, 2.24) is 9.88 Å². The van der Waals surface area contributed by atoms with E-state index < -0.39 is 30.0 Å². The van der Waals surface area contributed by atoms with Crippen molar-refractivity contribution >= 4 is 17.5 Å². The average Bonchev–Trinajstić information content (AvgIpc) is 2.52. The molecule has 0 atom stereocenters. The molecule has 8 heteroatoms. The Morgan fingerprint density at radius 3 is 2.42 bits per heavy atom. The molecular weight excluding hydrogens is 320 g/mol. The molecule has 1 aromatic heterocycles. The van der Waals surface area contributed by atoms with Crippen LogP contribution in [0.5, 0.6) is 0 Å². The Balaban J connectivity index is 2.02. The van der Waals surface area contributed by atoms with E-state index >= 15 is 0 Å². The lowest BCUT2D eigenvalue weighted by Crippen LogP contribution is -2.35. The normalized spacial score (nSPS) is 10.3. The number of anilines is 1. The van der Waals surface area contributed by atoms with Gasteiger partial charge in [-0.25, -0.2) is 8.78 Å². The number of amides is 2. The van der Waals surface area contributed by atoms with Crippen molar-refractivity contribution in [3.63, 3.8) is 0 Å². The van der Waals surface area contributed by atoms with Gasteiger partial charge in [-0.15, -0.1) is 0 Å². The van der Waals surface area contributed by atoms with Crippen molar-refractivity contribution in [3.8, 4) is 0 Å². The van der Waals surface area contributed by atoms with Crippen LogP contribution >= 0.6 is 0 Å². The number of halogens is 2. The van der Waals surface area contributed by atoms with Crippen LogP contribution in [0.3, 0.4) is 0 Å². The van der Waals surface area contributed by atoms with Gasteiger partial charge in [0.15, 0.2) is 0 Å². The van der Waals surface area contributed by atoms with Gasteiger partial charge in [-0.2, -0.15) is 0 Å². The van der Waals surface area contributed by atoms with Crippen molar-refractivity contribution in [3.05, 3.63) is 63.6 Å². The molecule has 0 aliphatic heterocycles. The van der Waals surface area contributed by atoms with Gasteiger partial charge in [-0.1, -0.05) is 0 Å². The van der Waals surface area contributed by atoms with E-state index in [4.69, 9.17) is 0 Å². The maximum atomic E-state index is 13.1. The Labute approximate surface area is 136 Å². The van der Waals surface area contributed by atoms with Crippen molar-refractivity contribution in [1.29, 1.82) is 0 Å². The molecule has 0 spiro atoms. The average molecular weight is 335 g/mol. The lowest BCUT2D eigenvalue weighted by Gasteiger charge is -2.10. The summed E-state index contributed by atoms with van der Waals surface area (Å²) >= 11 is 0. The highest BCUT2D eigenvalue weighted by molar-refractivity contribution is 5.99. The highest BCUT2D eigenvalue weighted by atomic mass is 19.1. The summed E-state index contributed by atoms with van der Waals surface area (Å²) in [5.74, 6) is -3.23. The van der Waals surface area contributed by atoms with Crippen LogP contribution in [-0.4, -0.2) is 22.9 Å². The van der Waals surface area contributed by atoms with E-state index in [1.165, 1.54) is 11.6 Å². The molecule has 2 amide bonds. The number of nitrogens with one attached hydrogen (secondary N) is 2. The first-order chi connectivity index (χ1) is 11.3. The summed E-state index contributed by atoms with van der Waals surface area (Å²) in [6, 6.07) is 4.00. The standard InChI is InChI=1S/C16H15F2N3O3/c1-9-3-4-21(2)16(24)14(9)20-13(22)8-19-15(23)10-5-11(17)7-12(18)6-10/h3-7H,8H2,1-2H3,(H,19,23)(H,20,22). The third kappa shape index (κ3) is 4.03. The molecule has 2 rings (SSSR count). The van der Waals surface area contributed by atoms with Crippen LogP contribution in [0.25, 0.3) is 0 Å². The molecule has 24 heavy (non-hydrogen) atoms. The molecule has 0 radical (unpaired) electrons. The van der Waals surface area contributed by atoms with Crippen LogP contribution in [0.15, 0.2) is 35.3 Å². The predicted octanol–water partition coefficient (Wildman–Crippen LogP) is 1.34. The highest BCUT2D eigenvalue weighted by Crippen LogP contribution is 2.08. The second-order valence-corrected chi connectivity index (χ2v) is 5.18. The maximum Gasteiger partial charge on any atom is 0.274 e. The minimum atomic E-state index is -0.895. The Morgan fingerprint density at radius 2 is 1.79 bits per heavy atom. The number of aromatic nitrogens is 1. The number of benzene rings is 1. The second kappa shape index (κ2) is 7.03. The van der Waals surface area contributed by atoms with Gasteiger partial charge in [-0.3, -0.25) is 14.4 Å². The van der Waals surface area contributed by atoms with E-state index in [9.17, 15) is 23.2 Å². The zero-order valence-electron chi connectivity index (χ0n) is 13.0. The molecule has 0 unspecified atom stereocenters. The maximum absolute atomic E-state index is 13.1. The van der Waals surface area contributed by atoms with Crippen molar-refractivity contribution in [2.75, 3.05) is 11.9 Å². The fourth-order valence-electron chi connectivity index (χ4n) is 2.00. The van der Waals surface area contributed by atoms with Gasteiger partial charge >= 0.3 is 0 Å². The smallest absolute Gasteiger partial charge is 0.274 e. The first-order valence-corrected chi connectivity index (χ1v) is 6.98. The van der Waals surface area contributed by atoms with Crippen LogP contribution in [-0.2, 0) is 11.8 Å². The minimum absolute atomic E-state index is 0.107. The summed E-state index contributed by atoms with van der Waals surface area (Å²) in [7, 11) is 1.54. The topological polar surface area (TPSA) is 80.2 Å². The van der Waals surface area contributed by atoms with Crippen LogP contribution in [0.1, 0.15) is 15.9 Å². The van der Waals surface area contributed by atoms with Gasteiger partial charge < -0.3 is 15.2 Å². The molecule has 0 saturated heterocycles. The van der Waals surface area contributed by atoms with E-state index in [1.54, 1.807) is 19.2 Å². The Kier molecular flexibility index (Phi) is 5.08. The van der Waals surface area contributed by atoms with Crippen molar-refractivity contribution in [2.24, 2.45) is 7.05 Å². The molecular formula is C16H15F2N3O3. The summed E-state index contributed by atoms with van der Waals surface area (Å²) in [6.07, 6.45) is 1.56. The van der Waals surface area contributed by atoms with E-state index in [-0.39, 0.29) is 16.8 Å². The van der Waals surface area contributed by atoms with E-state index in [2.05, 4.69) is 10.6 Å². The van der Waals surface area contributed by atoms with Crippen LogP contribution in [0, 0.1) is 18.6 Å². The zero-order valence-corrected chi connectivity index (χ0v) is 13.0. The molecule has 1 aromatic carbocycles. The summed E-state index contributed by atoms with van der Waals surface area (Å²) in [4.78, 5) is 35.6.